The van der Waals surface area contributed by atoms with E-state index in [1.807, 2.05) is 80.5 Å². The molecule has 1 aromatic rings. The fraction of sp³-hybridized carbons (Fsp3) is 0.526. The summed E-state index contributed by atoms with van der Waals surface area (Å²) in [6, 6.07) is 6.12. The van der Waals surface area contributed by atoms with E-state index in [0.717, 1.165) is 21.3 Å². The number of carbonyl (C=O) groups excluding carboxylic acids is 1. The SMILES string of the molecule is CC.CC.CC(C)=CC(=O)N(c1ccc(C)c(Br)c1)C(C)C. The lowest BCUT2D eigenvalue weighted by molar-refractivity contribution is -0.114. The molecule has 0 saturated carbocycles. The molecule has 0 aliphatic heterocycles. The summed E-state index contributed by atoms with van der Waals surface area (Å²) in [6.45, 7) is 17.9. The van der Waals surface area contributed by atoms with E-state index in [-0.39, 0.29) is 11.9 Å². The van der Waals surface area contributed by atoms with Crippen molar-refractivity contribution in [2.75, 3.05) is 4.90 Å². The summed E-state index contributed by atoms with van der Waals surface area (Å²) in [4.78, 5) is 14.0. The number of anilines is 1. The Hall–Kier alpha value is -1.09. The molecule has 0 heterocycles. The van der Waals surface area contributed by atoms with Gasteiger partial charge < -0.3 is 4.90 Å². The molecule has 0 aliphatic carbocycles. The molecular formula is C19H32BrNO. The standard InChI is InChI=1S/C15H20BrNO.2C2H6/c1-10(2)8-15(18)17(11(3)4)13-7-6-12(5)14(16)9-13;2*1-2/h6-9,11H,1-5H3;2*1-2H3. The third-order valence-electron chi connectivity index (χ3n) is 2.60. The van der Waals surface area contributed by atoms with Gasteiger partial charge in [0.1, 0.15) is 0 Å². The topological polar surface area (TPSA) is 20.3 Å². The average molecular weight is 370 g/mol. The number of allylic oxidation sites excluding steroid dienone is 1. The Bertz CT molecular complexity index is 474. The number of rotatable bonds is 3. The average Bonchev–Trinajstić information content (AvgIpc) is 2.46. The molecule has 0 bridgehead atoms. The van der Waals surface area contributed by atoms with Crippen molar-refractivity contribution >= 4 is 27.5 Å². The summed E-state index contributed by atoms with van der Waals surface area (Å²) >= 11 is 3.51. The first-order chi connectivity index (χ1) is 10.3. The van der Waals surface area contributed by atoms with E-state index in [1.54, 1.807) is 11.0 Å². The van der Waals surface area contributed by atoms with Crippen LogP contribution in [0.3, 0.4) is 0 Å². The molecule has 0 aliphatic rings. The Morgan fingerprint density at radius 3 is 2.00 bits per heavy atom. The second-order valence-electron chi connectivity index (χ2n) is 4.96. The van der Waals surface area contributed by atoms with Crippen LogP contribution in [0.2, 0.25) is 0 Å². The lowest BCUT2D eigenvalue weighted by atomic mass is 10.1. The molecule has 0 aromatic heterocycles. The van der Waals surface area contributed by atoms with E-state index in [4.69, 9.17) is 0 Å². The highest BCUT2D eigenvalue weighted by Crippen LogP contribution is 2.25. The van der Waals surface area contributed by atoms with Crippen molar-refractivity contribution < 1.29 is 4.79 Å². The summed E-state index contributed by atoms with van der Waals surface area (Å²) in [6.07, 6.45) is 1.67. The van der Waals surface area contributed by atoms with Gasteiger partial charge in [0.25, 0.3) is 5.91 Å². The van der Waals surface area contributed by atoms with Crippen LogP contribution in [0.4, 0.5) is 5.69 Å². The third-order valence-corrected chi connectivity index (χ3v) is 3.45. The minimum atomic E-state index is 0.0285. The van der Waals surface area contributed by atoms with Crippen molar-refractivity contribution in [1.29, 1.82) is 0 Å². The van der Waals surface area contributed by atoms with Gasteiger partial charge in [-0.2, -0.15) is 0 Å². The van der Waals surface area contributed by atoms with E-state index in [9.17, 15) is 4.79 Å². The summed E-state index contributed by atoms with van der Waals surface area (Å²) in [5, 5.41) is 0. The minimum Gasteiger partial charge on any atom is -0.306 e. The smallest absolute Gasteiger partial charge is 0.251 e. The first-order valence-corrected chi connectivity index (χ1v) is 8.86. The van der Waals surface area contributed by atoms with Crippen LogP contribution in [-0.2, 0) is 4.79 Å². The Balaban J connectivity index is 0. The molecule has 0 atom stereocenters. The van der Waals surface area contributed by atoms with E-state index < -0.39 is 0 Å². The van der Waals surface area contributed by atoms with Crippen molar-refractivity contribution in [3.05, 3.63) is 39.9 Å². The monoisotopic (exact) mass is 369 g/mol. The second-order valence-corrected chi connectivity index (χ2v) is 5.81. The van der Waals surface area contributed by atoms with E-state index in [1.165, 1.54) is 0 Å². The zero-order valence-corrected chi connectivity index (χ0v) is 17.2. The molecule has 3 heteroatoms. The minimum absolute atomic E-state index is 0.0285. The molecule has 0 radical (unpaired) electrons. The van der Waals surface area contributed by atoms with Crippen molar-refractivity contribution in [3.8, 4) is 0 Å². The summed E-state index contributed by atoms with van der Waals surface area (Å²) in [7, 11) is 0. The van der Waals surface area contributed by atoms with Gasteiger partial charge in [0, 0.05) is 22.3 Å². The highest BCUT2D eigenvalue weighted by atomic mass is 79.9. The van der Waals surface area contributed by atoms with Gasteiger partial charge in [-0.25, -0.2) is 0 Å². The number of halogens is 1. The first kappa shape index (κ1) is 23.2. The quantitative estimate of drug-likeness (QED) is 0.555. The van der Waals surface area contributed by atoms with Crippen LogP contribution >= 0.6 is 15.9 Å². The van der Waals surface area contributed by atoms with Crippen LogP contribution in [0.1, 0.15) is 61.0 Å². The lowest BCUT2D eigenvalue weighted by Gasteiger charge is -2.26. The van der Waals surface area contributed by atoms with Crippen molar-refractivity contribution in [2.45, 2.75) is 68.4 Å². The van der Waals surface area contributed by atoms with E-state index in [2.05, 4.69) is 15.9 Å². The highest BCUT2D eigenvalue weighted by molar-refractivity contribution is 9.10. The van der Waals surface area contributed by atoms with Crippen LogP contribution in [0.25, 0.3) is 0 Å². The van der Waals surface area contributed by atoms with Crippen molar-refractivity contribution in [2.24, 2.45) is 0 Å². The van der Waals surface area contributed by atoms with Crippen LogP contribution in [0.15, 0.2) is 34.3 Å². The third kappa shape index (κ3) is 7.79. The van der Waals surface area contributed by atoms with Gasteiger partial charge in [0.05, 0.1) is 0 Å². The predicted molar refractivity (Wildman–Crippen MR) is 104 cm³/mol. The van der Waals surface area contributed by atoms with Gasteiger partial charge >= 0.3 is 0 Å². The van der Waals surface area contributed by atoms with Gasteiger partial charge in [-0.05, 0) is 52.3 Å². The number of hydrogen-bond acceptors (Lipinski definition) is 1. The zero-order chi connectivity index (χ0) is 17.9. The fourth-order valence-corrected chi connectivity index (χ4v) is 2.09. The Kier molecular flexibility index (Phi) is 13.1. The molecular weight excluding hydrogens is 338 g/mol. The number of hydrogen-bond donors (Lipinski definition) is 0. The van der Waals surface area contributed by atoms with Crippen LogP contribution in [0.5, 0.6) is 0 Å². The molecule has 2 nitrogen and oxygen atoms in total. The van der Waals surface area contributed by atoms with Crippen LogP contribution in [-0.4, -0.2) is 11.9 Å². The first-order valence-electron chi connectivity index (χ1n) is 8.07. The number of amides is 1. The van der Waals surface area contributed by atoms with E-state index >= 15 is 0 Å². The molecule has 126 valence electrons. The molecule has 1 rings (SSSR count). The number of aryl methyl sites for hydroxylation is 1. The molecule has 0 fully saturated rings. The maximum absolute atomic E-state index is 12.2. The molecule has 0 spiro atoms. The maximum Gasteiger partial charge on any atom is 0.251 e. The Morgan fingerprint density at radius 2 is 1.64 bits per heavy atom. The van der Waals surface area contributed by atoms with Gasteiger partial charge in [0.2, 0.25) is 0 Å². The highest BCUT2D eigenvalue weighted by Gasteiger charge is 2.17. The Morgan fingerprint density at radius 1 is 1.14 bits per heavy atom. The fourth-order valence-electron chi connectivity index (χ4n) is 1.73. The molecule has 0 N–H and O–H groups in total. The maximum atomic E-state index is 12.2. The molecule has 22 heavy (non-hydrogen) atoms. The molecule has 1 aromatic carbocycles. The summed E-state index contributed by atoms with van der Waals surface area (Å²) < 4.78 is 1.02. The van der Waals surface area contributed by atoms with Crippen molar-refractivity contribution in [1.82, 2.24) is 0 Å². The van der Waals surface area contributed by atoms with Gasteiger partial charge in [0.15, 0.2) is 0 Å². The van der Waals surface area contributed by atoms with Gasteiger partial charge in [-0.3, -0.25) is 4.79 Å². The van der Waals surface area contributed by atoms with Gasteiger partial charge in [-0.15, -0.1) is 0 Å². The van der Waals surface area contributed by atoms with Crippen LogP contribution in [0, 0.1) is 6.92 Å². The molecule has 1 amide bonds. The van der Waals surface area contributed by atoms with E-state index in [0.29, 0.717) is 0 Å². The summed E-state index contributed by atoms with van der Waals surface area (Å²) in [5.41, 5.74) is 3.10. The molecule has 0 saturated heterocycles. The van der Waals surface area contributed by atoms with Gasteiger partial charge in [-0.1, -0.05) is 55.3 Å². The summed E-state index contributed by atoms with van der Waals surface area (Å²) in [5.74, 6) is 0.0285. The number of carbonyl (C=O) groups is 1. The Labute approximate surface area is 145 Å². The number of nitrogens with zero attached hydrogens (tertiary/aromatic N) is 1. The van der Waals surface area contributed by atoms with Crippen LogP contribution < -0.4 is 4.90 Å². The largest absolute Gasteiger partial charge is 0.306 e. The zero-order valence-electron chi connectivity index (χ0n) is 15.6. The number of benzene rings is 1. The lowest BCUT2D eigenvalue weighted by Crippen LogP contribution is -2.35. The van der Waals surface area contributed by atoms with Crippen molar-refractivity contribution in [3.63, 3.8) is 0 Å². The molecule has 0 unspecified atom stereocenters. The normalized spacial score (nSPS) is 9.05. The second kappa shape index (κ2) is 12.5. The predicted octanol–water partition coefficient (Wildman–Crippen LogP) is 6.52.